The van der Waals surface area contributed by atoms with Crippen molar-refractivity contribution in [3.8, 4) is 0 Å². The largest absolute Gasteiger partial charge is 0.383 e. The Bertz CT molecular complexity index is 508. The summed E-state index contributed by atoms with van der Waals surface area (Å²) >= 11 is 0. The van der Waals surface area contributed by atoms with Gasteiger partial charge < -0.3 is 14.6 Å². The third kappa shape index (κ3) is 4.10. The van der Waals surface area contributed by atoms with Crippen molar-refractivity contribution in [1.82, 2.24) is 9.55 Å². The molecule has 1 aromatic heterocycles. The highest BCUT2D eigenvalue weighted by atomic mass is 16.5. The van der Waals surface area contributed by atoms with Crippen LogP contribution in [0, 0.1) is 5.92 Å². The molecule has 20 heavy (non-hydrogen) atoms. The van der Waals surface area contributed by atoms with Crippen molar-refractivity contribution in [2.24, 2.45) is 5.92 Å². The fourth-order valence-electron chi connectivity index (χ4n) is 2.14. The summed E-state index contributed by atoms with van der Waals surface area (Å²) in [5, 5.41) is 3.55. The summed E-state index contributed by atoms with van der Waals surface area (Å²) in [5.41, 5.74) is 2.39. The lowest BCUT2D eigenvalue weighted by molar-refractivity contribution is 0.171. The fourth-order valence-corrected chi connectivity index (χ4v) is 2.14. The van der Waals surface area contributed by atoms with Crippen molar-refractivity contribution < 1.29 is 4.74 Å². The Kier molecular flexibility index (Phi) is 5.18. The molecule has 0 fully saturated rings. The number of hydrogen-bond acceptors (Lipinski definition) is 3. The first-order valence-corrected chi connectivity index (χ1v) is 6.99. The molecule has 0 spiro atoms. The second-order valence-electron chi connectivity index (χ2n) is 5.39. The summed E-state index contributed by atoms with van der Waals surface area (Å²) in [4.78, 5) is 4.07. The average molecular weight is 273 g/mol. The number of rotatable bonds is 7. The van der Waals surface area contributed by atoms with Crippen LogP contribution in [0.3, 0.4) is 0 Å². The summed E-state index contributed by atoms with van der Waals surface area (Å²) in [6.45, 7) is 5.95. The third-order valence-corrected chi connectivity index (χ3v) is 3.35. The van der Waals surface area contributed by atoms with Gasteiger partial charge in [-0.15, -0.1) is 0 Å². The lowest BCUT2D eigenvalue weighted by Crippen LogP contribution is -2.30. The molecule has 0 bridgehead atoms. The molecule has 0 radical (unpaired) electrons. The minimum absolute atomic E-state index is 0.323. The number of methoxy groups -OCH3 is 1. The number of hydrogen-bond donors (Lipinski definition) is 1. The maximum absolute atomic E-state index is 5.28. The van der Waals surface area contributed by atoms with Crippen molar-refractivity contribution >= 4 is 5.69 Å². The van der Waals surface area contributed by atoms with Gasteiger partial charge in [-0.25, -0.2) is 4.98 Å². The molecule has 0 aliphatic rings. The predicted octanol–water partition coefficient (Wildman–Crippen LogP) is 3.01. The molecule has 4 nitrogen and oxygen atoms in total. The van der Waals surface area contributed by atoms with Gasteiger partial charge >= 0.3 is 0 Å². The number of anilines is 1. The summed E-state index contributed by atoms with van der Waals surface area (Å²) < 4.78 is 7.34. The van der Waals surface area contributed by atoms with Crippen molar-refractivity contribution in [3.05, 3.63) is 48.5 Å². The molecule has 4 heteroatoms. The standard InChI is InChI=1S/C16H23N3O/c1-13(2)16(11-20-3)18-15-6-4-5-14(9-15)10-19-8-7-17-12-19/h4-9,12-13,16,18H,10-11H2,1-3H3. The van der Waals surface area contributed by atoms with Gasteiger partial charge in [0.2, 0.25) is 0 Å². The first kappa shape index (κ1) is 14.6. The van der Waals surface area contributed by atoms with Crippen LogP contribution in [0.1, 0.15) is 19.4 Å². The third-order valence-electron chi connectivity index (χ3n) is 3.35. The lowest BCUT2D eigenvalue weighted by Gasteiger charge is -2.23. The highest BCUT2D eigenvalue weighted by Gasteiger charge is 2.12. The van der Waals surface area contributed by atoms with E-state index in [1.165, 1.54) is 5.56 Å². The Morgan fingerprint density at radius 2 is 2.20 bits per heavy atom. The van der Waals surface area contributed by atoms with Crippen molar-refractivity contribution in [3.63, 3.8) is 0 Å². The van der Waals surface area contributed by atoms with E-state index in [1.54, 1.807) is 13.3 Å². The molecular weight excluding hydrogens is 250 g/mol. The van der Waals surface area contributed by atoms with Crippen molar-refractivity contribution in [2.75, 3.05) is 19.0 Å². The first-order valence-electron chi connectivity index (χ1n) is 6.99. The molecule has 0 saturated carbocycles. The van der Waals surface area contributed by atoms with E-state index in [0.717, 1.165) is 12.2 Å². The summed E-state index contributed by atoms with van der Waals surface area (Å²) in [7, 11) is 1.74. The number of ether oxygens (including phenoxy) is 1. The van der Waals surface area contributed by atoms with Gasteiger partial charge in [-0.3, -0.25) is 0 Å². The van der Waals surface area contributed by atoms with Crippen LogP contribution in [0.4, 0.5) is 5.69 Å². The molecule has 1 aromatic carbocycles. The van der Waals surface area contributed by atoms with Gasteiger partial charge in [-0.1, -0.05) is 26.0 Å². The fraction of sp³-hybridized carbons (Fsp3) is 0.438. The number of nitrogens with one attached hydrogen (secondary N) is 1. The van der Waals surface area contributed by atoms with Gasteiger partial charge in [0.05, 0.1) is 19.0 Å². The van der Waals surface area contributed by atoms with E-state index in [4.69, 9.17) is 4.74 Å². The molecule has 2 aromatic rings. The van der Waals surface area contributed by atoms with Crippen LogP contribution in [-0.4, -0.2) is 29.3 Å². The van der Waals surface area contributed by atoms with Gasteiger partial charge in [-0.05, 0) is 23.6 Å². The number of imidazole rings is 1. The summed E-state index contributed by atoms with van der Waals surface area (Å²) in [6, 6.07) is 8.82. The zero-order valence-electron chi connectivity index (χ0n) is 12.4. The summed E-state index contributed by atoms with van der Waals surface area (Å²) in [6.07, 6.45) is 5.61. The molecule has 108 valence electrons. The van der Waals surface area contributed by atoms with E-state index >= 15 is 0 Å². The van der Waals surface area contributed by atoms with E-state index in [9.17, 15) is 0 Å². The smallest absolute Gasteiger partial charge is 0.0949 e. The minimum Gasteiger partial charge on any atom is -0.383 e. The molecule has 1 heterocycles. The van der Waals surface area contributed by atoms with Crippen LogP contribution in [0.25, 0.3) is 0 Å². The summed E-state index contributed by atoms with van der Waals surface area (Å²) in [5.74, 6) is 0.521. The zero-order chi connectivity index (χ0) is 14.4. The maximum atomic E-state index is 5.28. The van der Waals surface area contributed by atoms with Crippen LogP contribution in [0.5, 0.6) is 0 Å². The van der Waals surface area contributed by atoms with Crippen LogP contribution in [0.15, 0.2) is 43.0 Å². The Balaban J connectivity index is 2.05. The Morgan fingerprint density at radius 1 is 1.35 bits per heavy atom. The van der Waals surface area contributed by atoms with Gasteiger partial charge in [-0.2, -0.15) is 0 Å². The van der Waals surface area contributed by atoms with E-state index in [0.29, 0.717) is 18.6 Å². The zero-order valence-corrected chi connectivity index (χ0v) is 12.4. The van der Waals surface area contributed by atoms with Crippen LogP contribution in [-0.2, 0) is 11.3 Å². The molecule has 1 unspecified atom stereocenters. The maximum Gasteiger partial charge on any atom is 0.0949 e. The van der Waals surface area contributed by atoms with Gasteiger partial charge in [0.1, 0.15) is 0 Å². The molecule has 0 aliphatic carbocycles. The number of nitrogens with zero attached hydrogens (tertiary/aromatic N) is 2. The van der Waals surface area contributed by atoms with Gasteiger partial charge in [0.25, 0.3) is 0 Å². The normalized spacial score (nSPS) is 12.6. The van der Waals surface area contributed by atoms with Crippen molar-refractivity contribution in [1.29, 1.82) is 0 Å². The molecule has 1 atom stereocenters. The topological polar surface area (TPSA) is 39.1 Å². The predicted molar refractivity (Wildman–Crippen MR) is 81.9 cm³/mol. The average Bonchev–Trinajstić information content (AvgIpc) is 2.91. The van der Waals surface area contributed by atoms with Crippen molar-refractivity contribution in [2.45, 2.75) is 26.4 Å². The minimum atomic E-state index is 0.323. The molecule has 0 saturated heterocycles. The highest BCUT2D eigenvalue weighted by Crippen LogP contribution is 2.16. The Morgan fingerprint density at radius 3 is 2.85 bits per heavy atom. The Labute approximate surface area is 120 Å². The van der Waals surface area contributed by atoms with Crippen LogP contribution < -0.4 is 5.32 Å². The molecule has 0 amide bonds. The first-order chi connectivity index (χ1) is 9.69. The van der Waals surface area contributed by atoms with Crippen LogP contribution in [0.2, 0.25) is 0 Å². The van der Waals surface area contributed by atoms with E-state index in [2.05, 4.69) is 53.0 Å². The van der Waals surface area contributed by atoms with E-state index in [1.807, 2.05) is 12.5 Å². The van der Waals surface area contributed by atoms with E-state index < -0.39 is 0 Å². The number of benzene rings is 1. The molecular formula is C16H23N3O. The molecule has 1 N–H and O–H groups in total. The number of aromatic nitrogens is 2. The SMILES string of the molecule is COCC(Nc1cccc(Cn2ccnc2)c1)C(C)C. The highest BCUT2D eigenvalue weighted by molar-refractivity contribution is 5.46. The van der Waals surface area contributed by atoms with E-state index in [-0.39, 0.29) is 0 Å². The molecule has 0 aliphatic heterocycles. The lowest BCUT2D eigenvalue weighted by atomic mass is 10.0. The monoisotopic (exact) mass is 273 g/mol. The van der Waals surface area contributed by atoms with Gasteiger partial charge in [0, 0.05) is 31.7 Å². The van der Waals surface area contributed by atoms with Gasteiger partial charge in [0.15, 0.2) is 0 Å². The second kappa shape index (κ2) is 7.10. The second-order valence-corrected chi connectivity index (χ2v) is 5.39. The quantitative estimate of drug-likeness (QED) is 0.843. The molecule has 2 rings (SSSR count). The Hall–Kier alpha value is -1.81. The van der Waals surface area contributed by atoms with Crippen LogP contribution >= 0.6 is 0 Å².